The largest absolute Gasteiger partial charge is 0.311 e. The summed E-state index contributed by atoms with van der Waals surface area (Å²) in [6.07, 6.45) is 3.35. The minimum atomic E-state index is -0.0174. The number of pyridine rings is 1. The van der Waals surface area contributed by atoms with E-state index in [1.807, 2.05) is 43.3 Å². The molecule has 1 aromatic heterocycles. The minimum absolute atomic E-state index is 0.0174. The SMILES string of the molecule is Cc1ccc(C(=O)N(C)c2ccncc2)cc1. The van der Waals surface area contributed by atoms with Gasteiger partial charge in [0.25, 0.3) is 5.91 Å². The molecule has 0 aliphatic carbocycles. The average Bonchev–Trinajstić information content (AvgIpc) is 2.39. The second-order valence-corrected chi connectivity index (χ2v) is 3.94. The first kappa shape index (κ1) is 11.3. The third kappa shape index (κ3) is 2.50. The maximum Gasteiger partial charge on any atom is 0.258 e. The Hall–Kier alpha value is -2.16. The molecule has 0 aliphatic rings. The molecule has 0 saturated heterocycles. The van der Waals surface area contributed by atoms with Crippen LogP contribution >= 0.6 is 0 Å². The number of rotatable bonds is 2. The fraction of sp³-hybridized carbons (Fsp3) is 0.143. The lowest BCUT2D eigenvalue weighted by Crippen LogP contribution is -2.26. The van der Waals surface area contributed by atoms with E-state index >= 15 is 0 Å². The van der Waals surface area contributed by atoms with Crippen LogP contribution in [0.1, 0.15) is 15.9 Å². The van der Waals surface area contributed by atoms with Gasteiger partial charge in [-0.3, -0.25) is 9.78 Å². The molecule has 0 radical (unpaired) electrons. The fourth-order valence-corrected chi connectivity index (χ4v) is 1.57. The molecule has 0 unspecified atom stereocenters. The van der Waals surface area contributed by atoms with Crippen LogP contribution in [0.25, 0.3) is 0 Å². The van der Waals surface area contributed by atoms with Crippen LogP contribution in [-0.2, 0) is 0 Å². The van der Waals surface area contributed by atoms with Crippen molar-refractivity contribution in [2.45, 2.75) is 6.92 Å². The summed E-state index contributed by atoms with van der Waals surface area (Å²) in [4.78, 5) is 17.7. The van der Waals surface area contributed by atoms with Crippen molar-refractivity contribution in [2.24, 2.45) is 0 Å². The zero-order valence-electron chi connectivity index (χ0n) is 9.92. The standard InChI is InChI=1S/C14H14N2O/c1-11-3-5-12(6-4-11)14(17)16(2)13-7-9-15-10-8-13/h3-10H,1-2H3. The van der Waals surface area contributed by atoms with Crippen LogP contribution in [-0.4, -0.2) is 17.9 Å². The molecule has 0 fully saturated rings. The Morgan fingerprint density at radius 1 is 1.06 bits per heavy atom. The van der Waals surface area contributed by atoms with E-state index in [-0.39, 0.29) is 5.91 Å². The molecule has 2 aromatic rings. The number of nitrogens with zero attached hydrogens (tertiary/aromatic N) is 2. The van der Waals surface area contributed by atoms with E-state index in [1.165, 1.54) is 0 Å². The molecule has 2 rings (SSSR count). The molecule has 1 aromatic carbocycles. The molecular formula is C14H14N2O. The number of amides is 1. The second-order valence-electron chi connectivity index (χ2n) is 3.94. The highest BCUT2D eigenvalue weighted by atomic mass is 16.2. The highest BCUT2D eigenvalue weighted by Crippen LogP contribution is 2.14. The van der Waals surface area contributed by atoms with Gasteiger partial charge in [-0.15, -0.1) is 0 Å². The highest BCUT2D eigenvalue weighted by molar-refractivity contribution is 6.05. The number of hydrogen-bond acceptors (Lipinski definition) is 2. The van der Waals surface area contributed by atoms with E-state index in [2.05, 4.69) is 4.98 Å². The maximum atomic E-state index is 12.2. The Bertz CT molecular complexity index is 506. The summed E-state index contributed by atoms with van der Waals surface area (Å²) < 4.78 is 0. The second kappa shape index (κ2) is 4.78. The fourth-order valence-electron chi connectivity index (χ4n) is 1.57. The molecule has 0 N–H and O–H groups in total. The van der Waals surface area contributed by atoms with Gasteiger partial charge in [0.2, 0.25) is 0 Å². The number of anilines is 1. The van der Waals surface area contributed by atoms with Gasteiger partial charge >= 0.3 is 0 Å². The summed E-state index contributed by atoms with van der Waals surface area (Å²) in [6, 6.07) is 11.2. The van der Waals surface area contributed by atoms with Crippen molar-refractivity contribution in [3.05, 3.63) is 59.9 Å². The minimum Gasteiger partial charge on any atom is -0.311 e. The lowest BCUT2D eigenvalue weighted by Gasteiger charge is -2.17. The van der Waals surface area contributed by atoms with E-state index in [9.17, 15) is 4.79 Å². The summed E-state index contributed by atoms with van der Waals surface area (Å²) in [5.74, 6) is -0.0174. The molecule has 1 amide bonds. The van der Waals surface area contributed by atoms with Crippen LogP contribution < -0.4 is 4.90 Å². The van der Waals surface area contributed by atoms with E-state index in [4.69, 9.17) is 0 Å². The molecule has 0 aliphatic heterocycles. The maximum absolute atomic E-state index is 12.2. The number of carbonyl (C=O) groups excluding carboxylic acids is 1. The summed E-state index contributed by atoms with van der Waals surface area (Å²) >= 11 is 0. The third-order valence-electron chi connectivity index (χ3n) is 2.65. The quantitative estimate of drug-likeness (QED) is 0.788. The predicted octanol–water partition coefficient (Wildman–Crippen LogP) is 2.67. The smallest absolute Gasteiger partial charge is 0.258 e. The monoisotopic (exact) mass is 226 g/mol. The first-order valence-corrected chi connectivity index (χ1v) is 5.43. The Morgan fingerprint density at radius 3 is 2.24 bits per heavy atom. The van der Waals surface area contributed by atoms with Gasteiger partial charge < -0.3 is 4.90 Å². The van der Waals surface area contributed by atoms with E-state index < -0.39 is 0 Å². The lowest BCUT2D eigenvalue weighted by atomic mass is 10.1. The molecule has 0 atom stereocenters. The van der Waals surface area contributed by atoms with E-state index in [0.29, 0.717) is 5.56 Å². The van der Waals surface area contributed by atoms with Crippen LogP contribution in [0.2, 0.25) is 0 Å². The number of aromatic nitrogens is 1. The summed E-state index contributed by atoms with van der Waals surface area (Å²) in [6.45, 7) is 2.00. The number of hydrogen-bond donors (Lipinski definition) is 0. The van der Waals surface area contributed by atoms with Crippen molar-refractivity contribution >= 4 is 11.6 Å². The van der Waals surface area contributed by atoms with E-state index in [1.54, 1.807) is 24.3 Å². The normalized spacial score (nSPS) is 10.0. The highest BCUT2D eigenvalue weighted by Gasteiger charge is 2.12. The zero-order chi connectivity index (χ0) is 12.3. The van der Waals surface area contributed by atoms with Gasteiger partial charge in [0.15, 0.2) is 0 Å². The van der Waals surface area contributed by atoms with Crippen LogP contribution in [0.5, 0.6) is 0 Å². The Balaban J connectivity index is 2.23. The molecule has 0 bridgehead atoms. The molecular weight excluding hydrogens is 212 g/mol. The first-order chi connectivity index (χ1) is 8.18. The molecule has 86 valence electrons. The van der Waals surface area contributed by atoms with Crippen molar-refractivity contribution < 1.29 is 4.79 Å². The third-order valence-corrected chi connectivity index (χ3v) is 2.65. The Kier molecular flexibility index (Phi) is 3.19. The van der Waals surface area contributed by atoms with Gasteiger partial charge in [-0.1, -0.05) is 17.7 Å². The summed E-state index contributed by atoms with van der Waals surface area (Å²) in [7, 11) is 1.76. The molecule has 0 saturated carbocycles. The van der Waals surface area contributed by atoms with Crippen molar-refractivity contribution in [3.63, 3.8) is 0 Å². The molecule has 0 spiro atoms. The van der Waals surface area contributed by atoms with Gasteiger partial charge in [0, 0.05) is 30.7 Å². The number of carbonyl (C=O) groups is 1. The van der Waals surface area contributed by atoms with Crippen LogP contribution in [0, 0.1) is 6.92 Å². The summed E-state index contributed by atoms with van der Waals surface area (Å²) in [5, 5.41) is 0. The molecule has 17 heavy (non-hydrogen) atoms. The van der Waals surface area contributed by atoms with Gasteiger partial charge in [0.1, 0.15) is 0 Å². The van der Waals surface area contributed by atoms with Crippen LogP contribution in [0.15, 0.2) is 48.8 Å². The molecule has 3 nitrogen and oxygen atoms in total. The van der Waals surface area contributed by atoms with Gasteiger partial charge in [-0.25, -0.2) is 0 Å². The van der Waals surface area contributed by atoms with Gasteiger partial charge in [-0.05, 0) is 31.2 Å². The Labute approximate surface area is 101 Å². The molecule has 3 heteroatoms. The van der Waals surface area contributed by atoms with Crippen molar-refractivity contribution in [1.29, 1.82) is 0 Å². The summed E-state index contributed by atoms with van der Waals surface area (Å²) in [5.41, 5.74) is 2.67. The zero-order valence-corrected chi connectivity index (χ0v) is 9.92. The van der Waals surface area contributed by atoms with Crippen molar-refractivity contribution in [3.8, 4) is 0 Å². The topological polar surface area (TPSA) is 33.2 Å². The Morgan fingerprint density at radius 2 is 1.65 bits per heavy atom. The predicted molar refractivity (Wildman–Crippen MR) is 68.1 cm³/mol. The molecule has 1 heterocycles. The lowest BCUT2D eigenvalue weighted by molar-refractivity contribution is 0.0993. The van der Waals surface area contributed by atoms with Gasteiger partial charge in [-0.2, -0.15) is 0 Å². The van der Waals surface area contributed by atoms with Gasteiger partial charge in [0.05, 0.1) is 0 Å². The van der Waals surface area contributed by atoms with Crippen LogP contribution in [0.4, 0.5) is 5.69 Å². The number of aryl methyl sites for hydroxylation is 1. The van der Waals surface area contributed by atoms with Crippen molar-refractivity contribution in [2.75, 3.05) is 11.9 Å². The van der Waals surface area contributed by atoms with Crippen molar-refractivity contribution in [1.82, 2.24) is 4.98 Å². The number of benzene rings is 1. The first-order valence-electron chi connectivity index (χ1n) is 5.43. The average molecular weight is 226 g/mol. The van der Waals surface area contributed by atoms with Crippen LogP contribution in [0.3, 0.4) is 0 Å². The van der Waals surface area contributed by atoms with E-state index in [0.717, 1.165) is 11.3 Å².